The number of rotatable bonds is 4. The zero-order valence-electron chi connectivity index (χ0n) is 14.7. The van der Waals surface area contributed by atoms with Crippen molar-refractivity contribution in [2.24, 2.45) is 5.41 Å². The number of aliphatic hydroxyl groups excluding tert-OH is 2. The van der Waals surface area contributed by atoms with Gasteiger partial charge in [-0.3, -0.25) is 14.4 Å². The van der Waals surface area contributed by atoms with Crippen LogP contribution < -0.4 is 10.6 Å². The highest BCUT2D eigenvalue weighted by atomic mass is 79.9. The van der Waals surface area contributed by atoms with Crippen LogP contribution in [0.5, 0.6) is 0 Å². The minimum atomic E-state index is -1.89. The quantitative estimate of drug-likeness (QED) is 0.535. The summed E-state index contributed by atoms with van der Waals surface area (Å²) in [6.07, 6.45) is -1.98. The summed E-state index contributed by atoms with van der Waals surface area (Å²) in [7, 11) is 0. The number of benzene rings is 1. The van der Waals surface area contributed by atoms with E-state index in [-0.39, 0.29) is 5.91 Å². The maximum Gasteiger partial charge on any atom is 0.256 e. The van der Waals surface area contributed by atoms with Crippen molar-refractivity contribution in [2.75, 3.05) is 25.0 Å². The number of anilines is 1. The smallest absolute Gasteiger partial charge is 0.256 e. The molecule has 2 saturated heterocycles. The van der Waals surface area contributed by atoms with Crippen molar-refractivity contribution >= 4 is 39.3 Å². The van der Waals surface area contributed by atoms with Gasteiger partial charge in [-0.2, -0.15) is 0 Å². The SMILES string of the molecule is O=C(Nc1cccc(Br)c1)[C@@H](O)[C@H](O)C(=O)N1CCC2(CCNC2=O)CC1. The summed E-state index contributed by atoms with van der Waals surface area (Å²) in [5.74, 6) is -1.55. The van der Waals surface area contributed by atoms with Gasteiger partial charge < -0.3 is 25.7 Å². The average Bonchev–Trinajstić information content (AvgIpc) is 3.00. The zero-order valence-corrected chi connectivity index (χ0v) is 16.2. The molecule has 9 heteroatoms. The summed E-state index contributed by atoms with van der Waals surface area (Å²) in [4.78, 5) is 38.0. The first-order chi connectivity index (χ1) is 12.8. The molecule has 2 heterocycles. The highest BCUT2D eigenvalue weighted by Crippen LogP contribution is 2.38. The van der Waals surface area contributed by atoms with Gasteiger partial charge in [0.1, 0.15) is 0 Å². The molecule has 2 aliphatic rings. The molecule has 1 aromatic rings. The number of carbonyl (C=O) groups is 3. The molecule has 2 aliphatic heterocycles. The molecule has 1 spiro atoms. The summed E-state index contributed by atoms with van der Waals surface area (Å²) in [5.41, 5.74) is -0.00135. The lowest BCUT2D eigenvalue weighted by atomic mass is 9.77. The summed E-state index contributed by atoms with van der Waals surface area (Å²) in [5, 5.41) is 25.5. The van der Waals surface area contributed by atoms with Crippen LogP contribution in [-0.4, -0.2) is 64.7 Å². The first-order valence-corrected chi connectivity index (χ1v) is 9.61. The molecule has 8 nitrogen and oxygen atoms in total. The second-order valence-corrected chi connectivity index (χ2v) is 7.92. The van der Waals surface area contributed by atoms with Gasteiger partial charge in [-0.15, -0.1) is 0 Å². The monoisotopic (exact) mass is 439 g/mol. The standard InChI is InChI=1S/C18H22BrN3O5/c19-11-2-1-3-12(10-11)21-15(25)13(23)14(24)16(26)22-8-5-18(6-9-22)4-7-20-17(18)27/h1-3,10,13-14,23-24H,4-9H2,(H,20,27)(H,21,25)/t13-,14-/m0/s1. The van der Waals surface area contributed by atoms with Crippen LogP contribution in [0, 0.1) is 5.41 Å². The number of hydrogen-bond donors (Lipinski definition) is 4. The van der Waals surface area contributed by atoms with Crippen LogP contribution in [0.4, 0.5) is 5.69 Å². The molecular weight excluding hydrogens is 418 g/mol. The molecule has 2 atom stereocenters. The molecule has 2 fully saturated rings. The normalized spacial score (nSPS) is 20.9. The number of likely N-dealkylation sites (tertiary alicyclic amines) is 1. The van der Waals surface area contributed by atoms with Gasteiger partial charge in [0, 0.05) is 29.8 Å². The Labute approximate surface area is 165 Å². The van der Waals surface area contributed by atoms with Gasteiger partial charge in [0.2, 0.25) is 5.91 Å². The Morgan fingerprint density at radius 3 is 2.48 bits per heavy atom. The third-order valence-electron chi connectivity index (χ3n) is 5.32. The number of amides is 3. The van der Waals surface area contributed by atoms with Gasteiger partial charge in [-0.05, 0) is 37.5 Å². The van der Waals surface area contributed by atoms with Crippen LogP contribution in [-0.2, 0) is 14.4 Å². The number of nitrogens with one attached hydrogen (secondary N) is 2. The topological polar surface area (TPSA) is 119 Å². The molecule has 0 saturated carbocycles. The van der Waals surface area contributed by atoms with Gasteiger partial charge in [0.05, 0.1) is 5.41 Å². The van der Waals surface area contributed by atoms with Gasteiger partial charge in [0.25, 0.3) is 11.8 Å². The number of aliphatic hydroxyl groups is 2. The highest BCUT2D eigenvalue weighted by molar-refractivity contribution is 9.10. The van der Waals surface area contributed by atoms with Crippen LogP contribution in [0.1, 0.15) is 19.3 Å². The van der Waals surface area contributed by atoms with E-state index >= 15 is 0 Å². The van der Waals surface area contributed by atoms with Crippen LogP contribution in [0.3, 0.4) is 0 Å². The minimum Gasteiger partial charge on any atom is -0.380 e. The lowest BCUT2D eigenvalue weighted by Gasteiger charge is -2.38. The van der Waals surface area contributed by atoms with Crippen LogP contribution in [0.25, 0.3) is 0 Å². The molecule has 3 rings (SSSR count). The lowest BCUT2D eigenvalue weighted by Crippen LogP contribution is -2.53. The van der Waals surface area contributed by atoms with Crippen LogP contribution in [0.15, 0.2) is 28.7 Å². The zero-order chi connectivity index (χ0) is 19.6. The number of carbonyl (C=O) groups excluding carboxylic acids is 3. The average molecular weight is 440 g/mol. The fourth-order valence-electron chi connectivity index (χ4n) is 3.60. The second-order valence-electron chi connectivity index (χ2n) is 7.00. The van der Waals surface area contributed by atoms with E-state index in [1.807, 2.05) is 0 Å². The molecule has 4 N–H and O–H groups in total. The maximum absolute atomic E-state index is 12.5. The fourth-order valence-corrected chi connectivity index (χ4v) is 4.00. The number of nitrogens with zero attached hydrogens (tertiary/aromatic N) is 1. The van der Waals surface area contributed by atoms with E-state index in [2.05, 4.69) is 26.6 Å². The Morgan fingerprint density at radius 2 is 1.89 bits per heavy atom. The Kier molecular flexibility index (Phi) is 5.83. The lowest BCUT2D eigenvalue weighted by molar-refractivity contribution is -0.154. The van der Waals surface area contributed by atoms with Gasteiger partial charge in [-0.1, -0.05) is 22.0 Å². The molecule has 1 aromatic carbocycles. The van der Waals surface area contributed by atoms with E-state index in [1.165, 1.54) is 4.90 Å². The molecule has 0 unspecified atom stereocenters. The molecule has 3 amide bonds. The molecule has 0 bridgehead atoms. The minimum absolute atomic E-state index is 0.0172. The predicted molar refractivity (Wildman–Crippen MR) is 101 cm³/mol. The molecule has 0 radical (unpaired) electrons. The molecule has 27 heavy (non-hydrogen) atoms. The Morgan fingerprint density at radius 1 is 1.19 bits per heavy atom. The van der Waals surface area contributed by atoms with Crippen molar-refractivity contribution in [3.8, 4) is 0 Å². The summed E-state index contributed by atoms with van der Waals surface area (Å²) in [6.45, 7) is 1.26. The maximum atomic E-state index is 12.5. The van der Waals surface area contributed by atoms with Crippen LogP contribution >= 0.6 is 15.9 Å². The third-order valence-corrected chi connectivity index (χ3v) is 5.81. The number of hydrogen-bond acceptors (Lipinski definition) is 5. The van der Waals surface area contributed by atoms with Gasteiger partial charge >= 0.3 is 0 Å². The van der Waals surface area contributed by atoms with Crippen molar-refractivity contribution in [3.05, 3.63) is 28.7 Å². The number of piperidine rings is 1. The predicted octanol–water partition coefficient (Wildman–Crippen LogP) is 0.238. The largest absolute Gasteiger partial charge is 0.380 e. The Bertz CT molecular complexity index is 748. The van der Waals surface area contributed by atoms with E-state index in [4.69, 9.17) is 0 Å². The summed E-state index contributed by atoms with van der Waals surface area (Å²) >= 11 is 3.27. The van der Waals surface area contributed by atoms with Gasteiger partial charge in [0.15, 0.2) is 12.2 Å². The van der Waals surface area contributed by atoms with E-state index in [0.717, 1.165) is 10.9 Å². The first-order valence-electron chi connectivity index (χ1n) is 8.82. The van der Waals surface area contributed by atoms with Crippen molar-refractivity contribution in [3.63, 3.8) is 0 Å². The van der Waals surface area contributed by atoms with Crippen molar-refractivity contribution in [2.45, 2.75) is 31.5 Å². The van der Waals surface area contributed by atoms with Gasteiger partial charge in [-0.25, -0.2) is 0 Å². The summed E-state index contributed by atoms with van der Waals surface area (Å²) < 4.78 is 0.740. The van der Waals surface area contributed by atoms with E-state index in [0.29, 0.717) is 38.2 Å². The Balaban J connectivity index is 1.56. The Hall–Kier alpha value is -1.97. The van der Waals surface area contributed by atoms with Crippen molar-refractivity contribution < 1.29 is 24.6 Å². The van der Waals surface area contributed by atoms with Crippen molar-refractivity contribution in [1.82, 2.24) is 10.2 Å². The van der Waals surface area contributed by atoms with E-state index < -0.39 is 29.4 Å². The summed E-state index contributed by atoms with van der Waals surface area (Å²) in [6, 6.07) is 6.74. The van der Waals surface area contributed by atoms with Crippen LogP contribution in [0.2, 0.25) is 0 Å². The number of halogens is 1. The molecule has 0 aliphatic carbocycles. The first kappa shape index (κ1) is 19.8. The molecule has 0 aromatic heterocycles. The van der Waals surface area contributed by atoms with E-state index in [9.17, 15) is 24.6 Å². The van der Waals surface area contributed by atoms with Crippen molar-refractivity contribution in [1.29, 1.82) is 0 Å². The molecular formula is C18H22BrN3O5. The third kappa shape index (κ3) is 4.15. The second kappa shape index (κ2) is 7.95. The fraction of sp³-hybridized carbons (Fsp3) is 0.500. The molecule has 146 valence electrons. The van der Waals surface area contributed by atoms with E-state index in [1.54, 1.807) is 24.3 Å². The highest BCUT2D eigenvalue weighted by Gasteiger charge is 2.46.